The van der Waals surface area contributed by atoms with Gasteiger partial charge in [-0.05, 0) is 29.2 Å². The van der Waals surface area contributed by atoms with Crippen LogP contribution in [0.4, 0.5) is 13.2 Å². The maximum absolute atomic E-state index is 13.2. The highest BCUT2D eigenvalue weighted by Gasteiger charge is 2.47. The Kier molecular flexibility index (Phi) is 4.49. The van der Waals surface area contributed by atoms with Crippen LogP contribution in [0, 0.1) is 0 Å². The van der Waals surface area contributed by atoms with Crippen molar-refractivity contribution in [2.24, 2.45) is 5.73 Å². The molecule has 2 unspecified atom stereocenters. The fourth-order valence-corrected chi connectivity index (χ4v) is 3.33. The summed E-state index contributed by atoms with van der Waals surface area (Å²) >= 11 is 0. The molecule has 0 bridgehead atoms. The molecule has 1 heterocycles. The summed E-state index contributed by atoms with van der Waals surface area (Å²) in [5, 5.41) is 1.85. The number of piperidine rings is 1. The number of nitrogens with zero attached hydrogens (tertiary/aromatic N) is 1. The lowest BCUT2D eigenvalue weighted by atomic mass is 9.96. The number of hydrogen-bond donors (Lipinski definition) is 1. The lowest BCUT2D eigenvalue weighted by Crippen LogP contribution is -2.57. The van der Waals surface area contributed by atoms with E-state index in [1.165, 1.54) is 0 Å². The second kappa shape index (κ2) is 6.43. The molecule has 0 spiro atoms. The Bertz CT molecular complexity index is 739. The molecular weight excluding hydrogens is 317 g/mol. The normalized spacial score (nSPS) is 21.9. The van der Waals surface area contributed by atoms with Gasteiger partial charge in [0.05, 0.1) is 6.42 Å². The summed E-state index contributed by atoms with van der Waals surface area (Å²) in [6.45, 7) is -0.0478. The molecule has 0 radical (unpaired) electrons. The number of rotatable bonds is 2. The molecule has 1 aliphatic heterocycles. The molecule has 2 atom stereocenters. The Morgan fingerprint density at radius 2 is 1.83 bits per heavy atom. The van der Waals surface area contributed by atoms with Crippen LogP contribution in [-0.2, 0) is 11.2 Å². The van der Waals surface area contributed by atoms with Crippen LogP contribution in [0.5, 0.6) is 0 Å². The fraction of sp³-hybridized carbons (Fsp3) is 0.389. The topological polar surface area (TPSA) is 46.3 Å². The smallest absolute Gasteiger partial charge is 0.329 e. The van der Waals surface area contributed by atoms with Crippen molar-refractivity contribution in [3.8, 4) is 0 Å². The summed E-state index contributed by atoms with van der Waals surface area (Å²) in [7, 11) is 0. The summed E-state index contributed by atoms with van der Waals surface area (Å²) < 4.78 is 39.7. The van der Waals surface area contributed by atoms with Gasteiger partial charge in [0.1, 0.15) is 6.04 Å². The largest absolute Gasteiger partial charge is 0.408 e. The maximum Gasteiger partial charge on any atom is 0.408 e. The van der Waals surface area contributed by atoms with E-state index in [-0.39, 0.29) is 25.8 Å². The van der Waals surface area contributed by atoms with Crippen molar-refractivity contribution in [3.63, 3.8) is 0 Å². The molecule has 128 valence electrons. The molecule has 1 aliphatic rings. The third kappa shape index (κ3) is 3.38. The molecule has 2 aromatic carbocycles. The second-order valence-electron chi connectivity index (χ2n) is 6.26. The van der Waals surface area contributed by atoms with Gasteiger partial charge in [-0.25, -0.2) is 0 Å². The predicted molar refractivity (Wildman–Crippen MR) is 86.4 cm³/mol. The van der Waals surface area contributed by atoms with Crippen molar-refractivity contribution in [3.05, 3.63) is 48.0 Å². The van der Waals surface area contributed by atoms with Crippen LogP contribution in [-0.4, -0.2) is 35.6 Å². The van der Waals surface area contributed by atoms with Crippen molar-refractivity contribution in [1.82, 2.24) is 4.90 Å². The monoisotopic (exact) mass is 336 g/mol. The minimum Gasteiger partial charge on any atom is -0.329 e. The van der Waals surface area contributed by atoms with Gasteiger partial charge in [-0.2, -0.15) is 13.2 Å². The molecule has 6 heteroatoms. The van der Waals surface area contributed by atoms with E-state index in [2.05, 4.69) is 0 Å². The van der Waals surface area contributed by atoms with Crippen LogP contribution in [0.25, 0.3) is 10.8 Å². The first-order chi connectivity index (χ1) is 11.4. The Labute approximate surface area is 138 Å². The summed E-state index contributed by atoms with van der Waals surface area (Å²) in [6, 6.07) is 10.9. The van der Waals surface area contributed by atoms with Gasteiger partial charge in [0.25, 0.3) is 0 Å². The van der Waals surface area contributed by atoms with Crippen LogP contribution >= 0.6 is 0 Å². The quantitative estimate of drug-likeness (QED) is 0.915. The first kappa shape index (κ1) is 16.8. The van der Waals surface area contributed by atoms with Gasteiger partial charge in [0.2, 0.25) is 5.91 Å². The average molecular weight is 336 g/mol. The van der Waals surface area contributed by atoms with Crippen LogP contribution in [0.3, 0.4) is 0 Å². The third-order valence-corrected chi connectivity index (χ3v) is 4.54. The van der Waals surface area contributed by atoms with E-state index < -0.39 is 24.2 Å². The van der Waals surface area contributed by atoms with E-state index in [1.807, 2.05) is 36.4 Å². The molecule has 2 N–H and O–H groups in total. The maximum atomic E-state index is 13.2. The summed E-state index contributed by atoms with van der Waals surface area (Å²) in [5.74, 6) is -0.524. The molecule has 2 aromatic rings. The molecule has 24 heavy (non-hydrogen) atoms. The van der Waals surface area contributed by atoms with E-state index in [0.29, 0.717) is 0 Å². The number of carbonyl (C=O) groups excluding carboxylic acids is 1. The van der Waals surface area contributed by atoms with Crippen LogP contribution < -0.4 is 5.73 Å². The number of fused-ring (bicyclic) bond motifs is 1. The lowest BCUT2D eigenvalue weighted by Gasteiger charge is -2.39. The molecule has 1 amide bonds. The number of likely N-dealkylation sites (tertiary alicyclic amines) is 1. The fourth-order valence-electron chi connectivity index (χ4n) is 3.33. The van der Waals surface area contributed by atoms with Crippen molar-refractivity contribution in [2.45, 2.75) is 37.5 Å². The number of hydrogen-bond acceptors (Lipinski definition) is 2. The first-order valence-electron chi connectivity index (χ1n) is 7.94. The average Bonchev–Trinajstić information content (AvgIpc) is 2.54. The highest BCUT2D eigenvalue weighted by atomic mass is 19.4. The number of nitrogens with two attached hydrogens (primary N) is 1. The lowest BCUT2D eigenvalue weighted by molar-refractivity contribution is -0.196. The van der Waals surface area contributed by atoms with Gasteiger partial charge in [-0.3, -0.25) is 4.79 Å². The zero-order chi connectivity index (χ0) is 17.3. The zero-order valence-corrected chi connectivity index (χ0v) is 13.1. The molecule has 3 rings (SSSR count). The number of carbonyl (C=O) groups is 1. The van der Waals surface area contributed by atoms with E-state index in [4.69, 9.17) is 5.73 Å². The minimum absolute atomic E-state index is 0.0478. The molecule has 1 fully saturated rings. The molecule has 1 saturated heterocycles. The van der Waals surface area contributed by atoms with Crippen molar-refractivity contribution in [1.29, 1.82) is 0 Å². The minimum atomic E-state index is -4.42. The van der Waals surface area contributed by atoms with E-state index in [9.17, 15) is 18.0 Å². The Balaban J connectivity index is 1.86. The Morgan fingerprint density at radius 3 is 2.58 bits per heavy atom. The Morgan fingerprint density at radius 1 is 1.12 bits per heavy atom. The van der Waals surface area contributed by atoms with Gasteiger partial charge in [-0.15, -0.1) is 0 Å². The van der Waals surface area contributed by atoms with Gasteiger partial charge >= 0.3 is 6.18 Å². The van der Waals surface area contributed by atoms with E-state index in [1.54, 1.807) is 6.07 Å². The zero-order valence-electron chi connectivity index (χ0n) is 13.1. The molecule has 3 nitrogen and oxygen atoms in total. The third-order valence-electron chi connectivity index (χ3n) is 4.54. The summed E-state index contributed by atoms with van der Waals surface area (Å²) in [5.41, 5.74) is 6.53. The summed E-state index contributed by atoms with van der Waals surface area (Å²) in [6.07, 6.45) is -4.33. The Hall–Kier alpha value is -2.08. The van der Waals surface area contributed by atoms with Crippen LogP contribution in [0.2, 0.25) is 0 Å². The number of halogens is 3. The molecular formula is C18H19F3N2O. The molecule has 0 saturated carbocycles. The van der Waals surface area contributed by atoms with E-state index in [0.717, 1.165) is 21.2 Å². The molecule has 0 aromatic heterocycles. The summed E-state index contributed by atoms with van der Waals surface area (Å²) in [4.78, 5) is 13.5. The highest BCUT2D eigenvalue weighted by molar-refractivity contribution is 5.90. The van der Waals surface area contributed by atoms with Gasteiger partial charge in [0, 0.05) is 12.6 Å². The predicted octanol–water partition coefficient (Wildman–Crippen LogP) is 3.26. The van der Waals surface area contributed by atoms with Crippen molar-refractivity contribution < 1.29 is 18.0 Å². The highest BCUT2D eigenvalue weighted by Crippen LogP contribution is 2.32. The second-order valence-corrected chi connectivity index (χ2v) is 6.26. The van der Waals surface area contributed by atoms with Gasteiger partial charge in [-0.1, -0.05) is 42.5 Å². The SMILES string of the molecule is NC1CCC(C(F)(F)F)N(C(=O)Cc2cccc3ccccc23)C1. The van der Waals surface area contributed by atoms with Crippen LogP contribution in [0.15, 0.2) is 42.5 Å². The standard InChI is InChI=1S/C18H19F3N2O/c19-18(20,21)16-9-8-14(22)11-23(16)17(24)10-13-6-3-5-12-4-1-2-7-15(12)13/h1-7,14,16H,8-11,22H2. The number of amides is 1. The molecule has 0 aliphatic carbocycles. The van der Waals surface area contributed by atoms with Gasteiger partial charge in [0.15, 0.2) is 0 Å². The van der Waals surface area contributed by atoms with Crippen molar-refractivity contribution >= 4 is 16.7 Å². The van der Waals surface area contributed by atoms with Gasteiger partial charge < -0.3 is 10.6 Å². The van der Waals surface area contributed by atoms with E-state index >= 15 is 0 Å². The number of alkyl halides is 3. The first-order valence-corrected chi connectivity index (χ1v) is 7.94. The van der Waals surface area contributed by atoms with Crippen molar-refractivity contribution in [2.75, 3.05) is 6.54 Å². The van der Waals surface area contributed by atoms with Crippen LogP contribution in [0.1, 0.15) is 18.4 Å². The number of benzene rings is 2.